The van der Waals surface area contributed by atoms with Gasteiger partial charge in [-0.05, 0) is 36.9 Å². The van der Waals surface area contributed by atoms with Gasteiger partial charge in [-0.3, -0.25) is 9.39 Å². The van der Waals surface area contributed by atoms with E-state index in [1.165, 1.54) is 11.8 Å². The van der Waals surface area contributed by atoms with Crippen molar-refractivity contribution in [1.29, 1.82) is 0 Å². The fraction of sp³-hybridized carbons (Fsp3) is 0.182. The lowest BCUT2D eigenvalue weighted by Crippen LogP contribution is -1.91. The maximum atomic E-state index is 4.17. The first-order valence-electron chi connectivity index (χ1n) is 4.92. The van der Waals surface area contributed by atoms with Gasteiger partial charge in [-0.15, -0.1) is 10.2 Å². The van der Waals surface area contributed by atoms with Gasteiger partial charge in [-0.25, -0.2) is 0 Å². The Balaban J connectivity index is 2.34. The summed E-state index contributed by atoms with van der Waals surface area (Å²) in [7, 11) is 1.77. The number of rotatable bonds is 2. The molecule has 0 saturated carbocycles. The average molecular weight is 232 g/mol. The van der Waals surface area contributed by atoms with Crippen LogP contribution in [-0.2, 0) is 0 Å². The van der Waals surface area contributed by atoms with E-state index in [4.69, 9.17) is 0 Å². The summed E-state index contributed by atoms with van der Waals surface area (Å²) in [5.41, 5.74) is 0.848. The molecule has 0 aliphatic rings. The predicted molar refractivity (Wildman–Crippen MR) is 67.0 cm³/mol. The molecular weight excluding hydrogens is 220 g/mol. The van der Waals surface area contributed by atoms with Crippen LogP contribution in [0.5, 0.6) is 0 Å². The van der Waals surface area contributed by atoms with Crippen molar-refractivity contribution in [3.8, 4) is 0 Å². The standard InChI is InChI=1S/C11H12N4S/c1-3-6-10(12-2)16-11-14-13-9-7-4-5-8-15(9)11/h3-8H,1-2H3. The monoisotopic (exact) mass is 232 g/mol. The highest BCUT2D eigenvalue weighted by Crippen LogP contribution is 2.18. The lowest BCUT2D eigenvalue weighted by Gasteiger charge is -1.98. The van der Waals surface area contributed by atoms with Crippen molar-refractivity contribution in [2.24, 2.45) is 4.99 Å². The Morgan fingerprint density at radius 2 is 2.31 bits per heavy atom. The van der Waals surface area contributed by atoms with Crippen LogP contribution in [0.4, 0.5) is 0 Å². The topological polar surface area (TPSA) is 42.5 Å². The van der Waals surface area contributed by atoms with Crippen molar-refractivity contribution in [3.63, 3.8) is 0 Å². The molecular formula is C11H12N4S. The zero-order valence-corrected chi connectivity index (χ0v) is 9.98. The second kappa shape index (κ2) is 4.94. The van der Waals surface area contributed by atoms with Crippen molar-refractivity contribution < 1.29 is 0 Å². The highest BCUT2D eigenvalue weighted by Gasteiger charge is 2.06. The quantitative estimate of drug-likeness (QED) is 0.453. The largest absolute Gasteiger partial charge is 0.281 e. The van der Waals surface area contributed by atoms with Crippen molar-refractivity contribution in [1.82, 2.24) is 14.6 Å². The summed E-state index contributed by atoms with van der Waals surface area (Å²) in [6.07, 6.45) is 5.86. The van der Waals surface area contributed by atoms with Crippen LogP contribution in [0.1, 0.15) is 6.92 Å². The molecule has 2 rings (SSSR count). The van der Waals surface area contributed by atoms with E-state index in [0.717, 1.165) is 15.8 Å². The highest BCUT2D eigenvalue weighted by molar-refractivity contribution is 8.14. The number of thioether (sulfide) groups is 1. The number of allylic oxidation sites excluding steroid dienone is 1. The molecule has 2 heterocycles. The summed E-state index contributed by atoms with van der Waals surface area (Å²) in [5.74, 6) is 0. The van der Waals surface area contributed by atoms with Gasteiger partial charge in [0.05, 0.1) is 5.04 Å². The minimum Gasteiger partial charge on any atom is -0.281 e. The van der Waals surface area contributed by atoms with Gasteiger partial charge in [0.15, 0.2) is 5.65 Å². The Bertz CT molecular complexity index is 542. The highest BCUT2D eigenvalue weighted by atomic mass is 32.2. The Kier molecular flexibility index (Phi) is 3.36. The summed E-state index contributed by atoms with van der Waals surface area (Å²) in [6.45, 7) is 1.97. The number of aromatic nitrogens is 3. The van der Waals surface area contributed by atoms with Crippen LogP contribution < -0.4 is 0 Å². The zero-order chi connectivity index (χ0) is 11.4. The van der Waals surface area contributed by atoms with E-state index in [-0.39, 0.29) is 0 Å². The SMILES string of the molecule is CC=CC(=NC)Sc1nnc2ccccn12. The average Bonchev–Trinajstić information content (AvgIpc) is 2.72. The molecule has 0 spiro atoms. The number of aliphatic imine (C=N–C) groups is 1. The van der Waals surface area contributed by atoms with Gasteiger partial charge in [0.25, 0.3) is 0 Å². The van der Waals surface area contributed by atoms with Gasteiger partial charge in [0.2, 0.25) is 5.16 Å². The lowest BCUT2D eigenvalue weighted by molar-refractivity contribution is 0.926. The van der Waals surface area contributed by atoms with Crippen LogP contribution in [0.15, 0.2) is 46.7 Å². The molecule has 2 aromatic heterocycles. The van der Waals surface area contributed by atoms with Crippen LogP contribution in [0, 0.1) is 0 Å². The van der Waals surface area contributed by atoms with Crippen LogP contribution >= 0.6 is 11.8 Å². The number of hydrogen-bond acceptors (Lipinski definition) is 4. The van der Waals surface area contributed by atoms with Crippen LogP contribution in [-0.4, -0.2) is 26.7 Å². The molecule has 0 radical (unpaired) electrons. The molecule has 82 valence electrons. The van der Waals surface area contributed by atoms with E-state index in [1.54, 1.807) is 7.05 Å². The zero-order valence-electron chi connectivity index (χ0n) is 9.16. The maximum Gasteiger partial charge on any atom is 0.201 e. The van der Waals surface area contributed by atoms with Crippen molar-refractivity contribution in [2.45, 2.75) is 12.1 Å². The van der Waals surface area contributed by atoms with E-state index in [2.05, 4.69) is 15.2 Å². The molecule has 0 amide bonds. The molecule has 5 heteroatoms. The first-order chi connectivity index (χ1) is 7.85. The molecule has 16 heavy (non-hydrogen) atoms. The molecule has 0 aliphatic carbocycles. The number of pyridine rings is 1. The minimum atomic E-state index is 0.828. The number of hydrogen-bond donors (Lipinski definition) is 0. The summed E-state index contributed by atoms with van der Waals surface area (Å²) in [4.78, 5) is 4.17. The minimum absolute atomic E-state index is 0.828. The van der Waals surface area contributed by atoms with Gasteiger partial charge in [0, 0.05) is 13.2 Å². The molecule has 0 saturated heterocycles. The molecule has 0 aliphatic heterocycles. The molecule has 0 fully saturated rings. The Morgan fingerprint density at radius 3 is 3.06 bits per heavy atom. The molecule has 4 nitrogen and oxygen atoms in total. The first kappa shape index (κ1) is 10.9. The Labute approximate surface area is 98.1 Å². The molecule has 0 aromatic carbocycles. The van der Waals surface area contributed by atoms with E-state index in [9.17, 15) is 0 Å². The Hall–Kier alpha value is -1.62. The second-order valence-electron chi connectivity index (χ2n) is 3.08. The third kappa shape index (κ3) is 2.14. The first-order valence-corrected chi connectivity index (χ1v) is 5.74. The number of nitrogens with zero attached hydrogens (tertiary/aromatic N) is 4. The third-order valence-electron chi connectivity index (χ3n) is 2.01. The van der Waals surface area contributed by atoms with Gasteiger partial charge in [0.1, 0.15) is 0 Å². The molecule has 0 N–H and O–H groups in total. The smallest absolute Gasteiger partial charge is 0.201 e. The Morgan fingerprint density at radius 1 is 1.44 bits per heavy atom. The van der Waals surface area contributed by atoms with Crippen molar-refractivity contribution in [3.05, 3.63) is 36.5 Å². The summed E-state index contributed by atoms with van der Waals surface area (Å²) in [5, 5.41) is 9.95. The van der Waals surface area contributed by atoms with Crippen molar-refractivity contribution in [2.75, 3.05) is 7.05 Å². The summed E-state index contributed by atoms with van der Waals surface area (Å²) < 4.78 is 1.94. The van der Waals surface area contributed by atoms with E-state index >= 15 is 0 Å². The normalized spacial score (nSPS) is 12.8. The summed E-state index contributed by atoms with van der Waals surface area (Å²) >= 11 is 1.50. The second-order valence-corrected chi connectivity index (χ2v) is 4.06. The molecule has 0 unspecified atom stereocenters. The summed E-state index contributed by atoms with van der Waals surface area (Å²) in [6, 6.07) is 5.83. The van der Waals surface area contributed by atoms with Crippen LogP contribution in [0.25, 0.3) is 5.65 Å². The van der Waals surface area contributed by atoms with E-state index in [0.29, 0.717) is 0 Å². The van der Waals surface area contributed by atoms with E-state index in [1.807, 2.05) is 47.9 Å². The molecule has 2 aromatic rings. The van der Waals surface area contributed by atoms with E-state index < -0.39 is 0 Å². The van der Waals surface area contributed by atoms with Gasteiger partial charge >= 0.3 is 0 Å². The maximum absolute atomic E-state index is 4.17. The molecule has 0 bridgehead atoms. The lowest BCUT2D eigenvalue weighted by atomic mass is 10.5. The third-order valence-corrected chi connectivity index (χ3v) is 3.00. The fourth-order valence-electron chi connectivity index (χ4n) is 1.28. The van der Waals surface area contributed by atoms with Gasteiger partial charge in [-0.1, -0.05) is 12.1 Å². The van der Waals surface area contributed by atoms with Crippen LogP contribution in [0.3, 0.4) is 0 Å². The van der Waals surface area contributed by atoms with Crippen molar-refractivity contribution >= 4 is 22.5 Å². The van der Waals surface area contributed by atoms with Gasteiger partial charge < -0.3 is 0 Å². The van der Waals surface area contributed by atoms with Crippen LogP contribution in [0.2, 0.25) is 0 Å². The fourth-order valence-corrected chi connectivity index (χ4v) is 2.10. The van der Waals surface area contributed by atoms with Gasteiger partial charge in [-0.2, -0.15) is 0 Å². The number of fused-ring (bicyclic) bond motifs is 1. The molecule has 0 atom stereocenters. The predicted octanol–water partition coefficient (Wildman–Crippen LogP) is 2.43.